The molecule has 1 N–H and O–H groups in total. The summed E-state index contributed by atoms with van der Waals surface area (Å²) in [7, 11) is 0. The summed E-state index contributed by atoms with van der Waals surface area (Å²) in [5.74, 6) is -2.52. The van der Waals surface area contributed by atoms with Crippen molar-refractivity contribution in [2.24, 2.45) is 0 Å². The Bertz CT molecular complexity index is 341. The molecule has 0 spiro atoms. The summed E-state index contributed by atoms with van der Waals surface area (Å²) < 4.78 is 0. The molecule has 0 saturated carbocycles. The molecule has 5 heteroatoms. The van der Waals surface area contributed by atoms with Gasteiger partial charge in [-0.05, 0) is 30.2 Å². The van der Waals surface area contributed by atoms with Crippen LogP contribution in [0.1, 0.15) is 26.3 Å². The van der Waals surface area contributed by atoms with Gasteiger partial charge >= 0.3 is 35.5 Å². The largest absolute Gasteiger partial charge is 1.00 e. The van der Waals surface area contributed by atoms with Crippen LogP contribution in [0.25, 0.3) is 0 Å². The van der Waals surface area contributed by atoms with Crippen molar-refractivity contribution in [3.05, 3.63) is 34.9 Å². The van der Waals surface area contributed by atoms with Crippen LogP contribution in [0.3, 0.4) is 0 Å². The quantitative estimate of drug-likeness (QED) is 0.520. The summed E-state index contributed by atoms with van der Waals surface area (Å²) in [6.07, 6.45) is 0. The van der Waals surface area contributed by atoms with E-state index in [0.717, 1.165) is 6.07 Å². The Balaban J connectivity index is 0.00000169. The van der Waals surface area contributed by atoms with Gasteiger partial charge in [-0.2, -0.15) is 0 Å². The molecule has 0 amide bonds. The number of rotatable bonds is 2. The van der Waals surface area contributed by atoms with Gasteiger partial charge in [-0.1, -0.05) is 6.07 Å². The average Bonchev–Trinajstić information content (AvgIpc) is 2.03. The summed E-state index contributed by atoms with van der Waals surface area (Å²) in [5.41, 5.74) is 0.427. The van der Waals surface area contributed by atoms with Crippen LogP contribution in [0.2, 0.25) is 0 Å². The van der Waals surface area contributed by atoms with Crippen molar-refractivity contribution in [3.8, 4) is 0 Å². The molecular formula is C9H7NaO4. The molecule has 0 atom stereocenters. The van der Waals surface area contributed by atoms with Crippen molar-refractivity contribution < 1.29 is 49.4 Å². The predicted molar refractivity (Wildman–Crippen MR) is 42.5 cm³/mol. The number of aromatic carboxylic acids is 2. The van der Waals surface area contributed by atoms with Gasteiger partial charge in [0, 0.05) is 0 Å². The van der Waals surface area contributed by atoms with E-state index in [0.29, 0.717) is 5.56 Å². The molecule has 0 aliphatic rings. The zero-order valence-corrected chi connectivity index (χ0v) is 9.90. The Morgan fingerprint density at radius 1 is 1.21 bits per heavy atom. The first-order valence-electron chi connectivity index (χ1n) is 3.57. The zero-order chi connectivity index (χ0) is 10.0. The van der Waals surface area contributed by atoms with Crippen LogP contribution in [0.4, 0.5) is 0 Å². The van der Waals surface area contributed by atoms with Crippen LogP contribution >= 0.6 is 0 Å². The minimum atomic E-state index is -1.37. The van der Waals surface area contributed by atoms with Crippen LogP contribution in [-0.4, -0.2) is 17.0 Å². The third-order valence-electron chi connectivity index (χ3n) is 1.56. The molecule has 68 valence electrons. The Morgan fingerprint density at radius 3 is 2.14 bits per heavy atom. The average molecular weight is 202 g/mol. The number of carbonyl (C=O) groups excluding carboxylic acids is 1. The normalized spacial score (nSPS) is 8.93. The second-order valence-corrected chi connectivity index (χ2v) is 2.68. The third-order valence-corrected chi connectivity index (χ3v) is 1.56. The molecule has 1 aromatic rings. The Kier molecular flexibility index (Phi) is 4.83. The number of carbonyl (C=O) groups is 2. The maximum atomic E-state index is 10.5. The van der Waals surface area contributed by atoms with Crippen molar-refractivity contribution in [3.63, 3.8) is 0 Å². The molecule has 14 heavy (non-hydrogen) atoms. The van der Waals surface area contributed by atoms with Gasteiger partial charge < -0.3 is 15.0 Å². The van der Waals surface area contributed by atoms with Gasteiger partial charge in [0.05, 0.1) is 11.5 Å². The fourth-order valence-corrected chi connectivity index (χ4v) is 1.02. The second-order valence-electron chi connectivity index (χ2n) is 2.68. The van der Waals surface area contributed by atoms with Gasteiger partial charge in [-0.3, -0.25) is 0 Å². The Labute approximate surface area is 103 Å². The summed E-state index contributed by atoms with van der Waals surface area (Å²) >= 11 is 0. The van der Waals surface area contributed by atoms with Crippen LogP contribution < -0.4 is 34.7 Å². The van der Waals surface area contributed by atoms with E-state index in [-0.39, 0.29) is 40.7 Å². The van der Waals surface area contributed by atoms with E-state index >= 15 is 0 Å². The van der Waals surface area contributed by atoms with Crippen LogP contribution in [0.5, 0.6) is 0 Å². The van der Waals surface area contributed by atoms with Gasteiger partial charge in [-0.15, -0.1) is 0 Å². The first-order chi connectivity index (χ1) is 6.00. The Morgan fingerprint density at radius 2 is 1.71 bits per heavy atom. The van der Waals surface area contributed by atoms with Crippen molar-refractivity contribution in [1.29, 1.82) is 0 Å². The van der Waals surface area contributed by atoms with Gasteiger partial charge in [0.2, 0.25) is 0 Å². The van der Waals surface area contributed by atoms with Gasteiger partial charge in [0.1, 0.15) is 0 Å². The molecule has 0 aliphatic heterocycles. The standard InChI is InChI=1S/C9H8O4.Na/c1-5-2-6(8(10)11)4-7(3-5)9(12)13;/h2-4H,1H3,(H,10,11)(H,12,13);/q;+1/p-1. The molecule has 0 aliphatic carbocycles. The zero-order valence-electron chi connectivity index (χ0n) is 7.90. The van der Waals surface area contributed by atoms with Crippen LogP contribution in [0.15, 0.2) is 18.2 Å². The fraction of sp³-hybridized carbons (Fsp3) is 0.111. The molecule has 0 radical (unpaired) electrons. The second kappa shape index (κ2) is 5.14. The molecule has 0 saturated heterocycles. The number of carboxylic acid groups (broad SMARTS) is 2. The van der Waals surface area contributed by atoms with E-state index in [1.54, 1.807) is 6.92 Å². The van der Waals surface area contributed by atoms with E-state index in [4.69, 9.17) is 5.11 Å². The van der Waals surface area contributed by atoms with Crippen molar-refractivity contribution in [2.45, 2.75) is 6.92 Å². The number of carboxylic acids is 2. The number of benzene rings is 1. The van der Waals surface area contributed by atoms with Gasteiger partial charge in [-0.25, -0.2) is 4.79 Å². The number of hydrogen-bond donors (Lipinski definition) is 1. The summed E-state index contributed by atoms with van der Waals surface area (Å²) in [5, 5.41) is 19.0. The van der Waals surface area contributed by atoms with E-state index < -0.39 is 11.9 Å². The topological polar surface area (TPSA) is 77.4 Å². The van der Waals surface area contributed by atoms with Crippen molar-refractivity contribution in [2.75, 3.05) is 0 Å². The molecular weight excluding hydrogens is 195 g/mol. The van der Waals surface area contributed by atoms with E-state index in [2.05, 4.69) is 0 Å². The molecule has 1 aromatic carbocycles. The summed E-state index contributed by atoms with van der Waals surface area (Å²) in [4.78, 5) is 20.9. The molecule has 0 aromatic heterocycles. The maximum absolute atomic E-state index is 10.5. The SMILES string of the molecule is Cc1cc(C(=O)[O-])cc(C(=O)O)c1.[Na+]. The predicted octanol–water partition coefficient (Wildman–Crippen LogP) is -2.94. The minimum absolute atomic E-state index is 0. The maximum Gasteiger partial charge on any atom is 1.00 e. The van der Waals surface area contributed by atoms with Gasteiger partial charge in [0.15, 0.2) is 0 Å². The summed E-state index contributed by atoms with van der Waals surface area (Å²) in [6.45, 7) is 1.62. The van der Waals surface area contributed by atoms with E-state index in [1.807, 2.05) is 0 Å². The Hall–Kier alpha value is -0.840. The monoisotopic (exact) mass is 202 g/mol. The molecule has 0 heterocycles. The summed E-state index contributed by atoms with van der Waals surface area (Å²) in [6, 6.07) is 3.83. The first kappa shape index (κ1) is 13.2. The molecule has 0 unspecified atom stereocenters. The molecule has 0 bridgehead atoms. The first-order valence-corrected chi connectivity index (χ1v) is 3.57. The third kappa shape index (κ3) is 3.14. The van der Waals surface area contributed by atoms with Crippen molar-refractivity contribution in [1.82, 2.24) is 0 Å². The van der Waals surface area contributed by atoms with E-state index in [1.165, 1.54) is 12.1 Å². The smallest absolute Gasteiger partial charge is 0.545 e. The van der Waals surface area contributed by atoms with Crippen LogP contribution in [0, 0.1) is 6.92 Å². The van der Waals surface area contributed by atoms with E-state index in [9.17, 15) is 14.7 Å². The van der Waals surface area contributed by atoms with Crippen molar-refractivity contribution >= 4 is 11.9 Å². The fourth-order valence-electron chi connectivity index (χ4n) is 1.02. The number of aryl methyl sites for hydroxylation is 1. The molecule has 0 fully saturated rings. The minimum Gasteiger partial charge on any atom is -0.545 e. The molecule has 1 rings (SSSR count). The van der Waals surface area contributed by atoms with Gasteiger partial charge in [0.25, 0.3) is 0 Å². The number of hydrogen-bond acceptors (Lipinski definition) is 3. The molecule has 4 nitrogen and oxygen atoms in total. The van der Waals surface area contributed by atoms with Crippen LogP contribution in [-0.2, 0) is 0 Å².